The van der Waals surface area contributed by atoms with Crippen molar-refractivity contribution in [1.82, 2.24) is 4.98 Å². The topological polar surface area (TPSA) is 28.2 Å². The van der Waals surface area contributed by atoms with Crippen LogP contribution in [0.3, 0.4) is 0 Å². The van der Waals surface area contributed by atoms with E-state index in [-0.39, 0.29) is 0 Å². The smallest absolute Gasteiger partial charge is 0.151 e. The maximum absolute atomic E-state index is 5.82. The zero-order chi connectivity index (χ0) is 8.84. The van der Waals surface area contributed by atoms with Crippen LogP contribution >= 0.6 is 11.6 Å². The Bertz CT molecular complexity index is 353. The maximum atomic E-state index is 5.82. The van der Waals surface area contributed by atoms with E-state index in [4.69, 9.17) is 11.6 Å². The molecule has 0 spiro atoms. The van der Waals surface area contributed by atoms with Gasteiger partial charge < -0.3 is 10.2 Å². The predicted octanol–water partition coefficient (Wildman–Crippen LogP) is 1.74. The summed E-state index contributed by atoms with van der Waals surface area (Å²) in [5.74, 6) is 0.946. The molecule has 1 unspecified atom stereocenters. The summed E-state index contributed by atoms with van der Waals surface area (Å²) in [6.07, 6.45) is 1.20. The molecule has 3 heterocycles. The number of rotatable bonds is 0. The Labute approximate surface area is 81.7 Å². The van der Waals surface area contributed by atoms with Gasteiger partial charge >= 0.3 is 0 Å². The number of hydrogen-bond donors (Lipinski definition) is 1. The van der Waals surface area contributed by atoms with Gasteiger partial charge in [-0.2, -0.15) is 0 Å². The first kappa shape index (κ1) is 7.44. The average molecular weight is 196 g/mol. The number of hydrogen-bond acceptors (Lipinski definition) is 3. The van der Waals surface area contributed by atoms with Crippen LogP contribution in [0.25, 0.3) is 0 Å². The molecular weight excluding hydrogens is 186 g/mol. The number of nitrogens with one attached hydrogen (secondary N) is 1. The van der Waals surface area contributed by atoms with E-state index in [1.165, 1.54) is 12.1 Å². The van der Waals surface area contributed by atoms with Gasteiger partial charge in [0.2, 0.25) is 0 Å². The molecular formula is C9H10ClN3. The fourth-order valence-corrected chi connectivity index (χ4v) is 2.23. The van der Waals surface area contributed by atoms with Gasteiger partial charge in [-0.3, -0.25) is 0 Å². The Morgan fingerprint density at radius 1 is 1.54 bits per heavy atom. The standard InChI is InChI=1S/C9H10ClN3/c10-8-2-1-7-9(12-8)11-6-3-4-13(7)5-6/h1-2,6H,3-5H2,(H,11,12). The van der Waals surface area contributed by atoms with Crippen molar-refractivity contribution in [2.75, 3.05) is 23.3 Å². The monoisotopic (exact) mass is 195 g/mol. The Kier molecular flexibility index (Phi) is 1.44. The van der Waals surface area contributed by atoms with Crippen LogP contribution in [0.1, 0.15) is 6.42 Å². The quantitative estimate of drug-likeness (QED) is 0.640. The summed E-state index contributed by atoms with van der Waals surface area (Å²) in [5, 5.41) is 3.96. The number of halogens is 1. The highest BCUT2D eigenvalue weighted by Gasteiger charge is 2.30. The van der Waals surface area contributed by atoms with E-state index in [9.17, 15) is 0 Å². The minimum Gasteiger partial charge on any atom is -0.366 e. The first-order valence-electron chi connectivity index (χ1n) is 4.51. The highest BCUT2D eigenvalue weighted by atomic mass is 35.5. The molecule has 68 valence electrons. The third-order valence-corrected chi connectivity index (χ3v) is 2.92. The summed E-state index contributed by atoms with van der Waals surface area (Å²) < 4.78 is 0. The van der Waals surface area contributed by atoms with Crippen molar-refractivity contribution >= 4 is 23.1 Å². The first-order valence-corrected chi connectivity index (χ1v) is 4.89. The molecule has 3 rings (SSSR count). The third-order valence-electron chi connectivity index (χ3n) is 2.71. The number of fused-ring (bicyclic) bond motifs is 4. The fourth-order valence-electron chi connectivity index (χ4n) is 2.08. The molecule has 0 aromatic carbocycles. The van der Waals surface area contributed by atoms with E-state index in [0.717, 1.165) is 18.9 Å². The average Bonchev–Trinajstić information content (AvgIpc) is 2.48. The number of nitrogens with zero attached hydrogens (tertiary/aromatic N) is 2. The van der Waals surface area contributed by atoms with Crippen molar-refractivity contribution in [3.63, 3.8) is 0 Å². The molecule has 3 nitrogen and oxygen atoms in total. The molecule has 0 amide bonds. The summed E-state index contributed by atoms with van der Waals surface area (Å²) in [6.45, 7) is 2.24. The predicted molar refractivity (Wildman–Crippen MR) is 53.5 cm³/mol. The highest BCUT2D eigenvalue weighted by molar-refractivity contribution is 6.29. The van der Waals surface area contributed by atoms with Crippen molar-refractivity contribution in [2.45, 2.75) is 12.5 Å². The molecule has 1 N–H and O–H groups in total. The second-order valence-electron chi connectivity index (χ2n) is 3.58. The van der Waals surface area contributed by atoms with Crippen molar-refractivity contribution in [2.24, 2.45) is 0 Å². The lowest BCUT2D eigenvalue weighted by Gasteiger charge is -2.27. The Morgan fingerprint density at radius 3 is 3.38 bits per heavy atom. The molecule has 0 radical (unpaired) electrons. The zero-order valence-electron chi connectivity index (χ0n) is 7.13. The maximum Gasteiger partial charge on any atom is 0.151 e. The molecule has 1 fully saturated rings. The van der Waals surface area contributed by atoms with Gasteiger partial charge in [0.1, 0.15) is 5.15 Å². The van der Waals surface area contributed by atoms with Gasteiger partial charge in [-0.15, -0.1) is 0 Å². The fraction of sp³-hybridized carbons (Fsp3) is 0.444. The SMILES string of the molecule is Clc1ccc2c(n1)NC1CCN2C1. The van der Waals surface area contributed by atoms with E-state index in [2.05, 4.69) is 15.2 Å². The molecule has 0 saturated carbocycles. The lowest BCUT2D eigenvalue weighted by Crippen LogP contribution is -2.32. The van der Waals surface area contributed by atoms with Gasteiger partial charge in [0.15, 0.2) is 5.82 Å². The van der Waals surface area contributed by atoms with Crippen molar-refractivity contribution in [3.05, 3.63) is 17.3 Å². The molecule has 2 aliphatic rings. The molecule has 2 bridgehead atoms. The van der Waals surface area contributed by atoms with Gasteiger partial charge in [0.25, 0.3) is 0 Å². The minimum atomic E-state index is 0.564. The molecule has 1 aromatic heterocycles. The second kappa shape index (κ2) is 2.51. The molecule has 1 atom stereocenters. The van der Waals surface area contributed by atoms with Crippen LogP contribution in [0.2, 0.25) is 5.15 Å². The molecule has 4 heteroatoms. The first-order chi connectivity index (χ1) is 6.33. The van der Waals surface area contributed by atoms with E-state index in [1.807, 2.05) is 12.1 Å². The van der Waals surface area contributed by atoms with E-state index in [0.29, 0.717) is 11.2 Å². The summed E-state index contributed by atoms with van der Waals surface area (Å²) in [4.78, 5) is 6.63. The van der Waals surface area contributed by atoms with Crippen LogP contribution in [0, 0.1) is 0 Å². The Morgan fingerprint density at radius 2 is 2.46 bits per heavy atom. The zero-order valence-corrected chi connectivity index (χ0v) is 7.88. The number of anilines is 2. The summed E-state index contributed by atoms with van der Waals surface area (Å²) >= 11 is 5.82. The van der Waals surface area contributed by atoms with Crippen LogP contribution < -0.4 is 10.2 Å². The van der Waals surface area contributed by atoms with E-state index < -0.39 is 0 Å². The van der Waals surface area contributed by atoms with Crippen LogP contribution in [0.5, 0.6) is 0 Å². The van der Waals surface area contributed by atoms with Gasteiger partial charge in [-0.1, -0.05) is 11.6 Å². The van der Waals surface area contributed by atoms with Crippen LogP contribution in [0.4, 0.5) is 11.5 Å². The molecule has 2 aliphatic heterocycles. The minimum absolute atomic E-state index is 0.564. The van der Waals surface area contributed by atoms with Crippen molar-refractivity contribution < 1.29 is 0 Å². The normalized spacial score (nSPS) is 24.1. The van der Waals surface area contributed by atoms with Gasteiger partial charge in [-0.05, 0) is 18.6 Å². The van der Waals surface area contributed by atoms with E-state index >= 15 is 0 Å². The lowest BCUT2D eigenvalue weighted by molar-refractivity contribution is 0.788. The molecule has 0 aliphatic carbocycles. The van der Waals surface area contributed by atoms with Crippen LogP contribution in [-0.2, 0) is 0 Å². The van der Waals surface area contributed by atoms with Crippen molar-refractivity contribution in [1.29, 1.82) is 0 Å². The summed E-state index contributed by atoms with van der Waals surface area (Å²) in [7, 11) is 0. The largest absolute Gasteiger partial charge is 0.366 e. The molecule has 13 heavy (non-hydrogen) atoms. The lowest BCUT2D eigenvalue weighted by atomic mass is 10.2. The number of pyridine rings is 1. The molecule has 1 aromatic rings. The van der Waals surface area contributed by atoms with Crippen LogP contribution in [0.15, 0.2) is 12.1 Å². The second-order valence-corrected chi connectivity index (χ2v) is 3.96. The van der Waals surface area contributed by atoms with E-state index in [1.54, 1.807) is 0 Å². The van der Waals surface area contributed by atoms with Crippen molar-refractivity contribution in [3.8, 4) is 0 Å². The summed E-state index contributed by atoms with van der Waals surface area (Å²) in [5.41, 5.74) is 1.19. The van der Waals surface area contributed by atoms with Crippen LogP contribution in [-0.4, -0.2) is 24.1 Å². The molecule has 1 saturated heterocycles. The summed E-state index contributed by atoms with van der Waals surface area (Å²) in [6, 6.07) is 4.46. The number of aromatic nitrogens is 1. The third kappa shape index (κ3) is 1.07. The van der Waals surface area contributed by atoms with Gasteiger partial charge in [0.05, 0.1) is 5.69 Å². The Hall–Kier alpha value is -0.960. The van der Waals surface area contributed by atoms with Gasteiger partial charge in [-0.25, -0.2) is 4.98 Å². The highest BCUT2D eigenvalue weighted by Crippen LogP contribution is 2.34. The van der Waals surface area contributed by atoms with Gasteiger partial charge in [0, 0.05) is 19.1 Å². The Balaban J connectivity index is 2.12.